The third-order valence-corrected chi connectivity index (χ3v) is 3.78. The van der Waals surface area contributed by atoms with Crippen molar-refractivity contribution in [2.45, 2.75) is 19.4 Å². The summed E-state index contributed by atoms with van der Waals surface area (Å²) < 4.78 is 3.95. The molecule has 0 saturated heterocycles. The second-order valence-corrected chi connectivity index (χ2v) is 5.25. The van der Waals surface area contributed by atoms with Crippen LogP contribution in [0, 0.1) is 0 Å². The van der Waals surface area contributed by atoms with E-state index in [1.165, 1.54) is 16.9 Å². The van der Waals surface area contributed by atoms with Crippen molar-refractivity contribution in [1.82, 2.24) is 19.9 Å². The van der Waals surface area contributed by atoms with E-state index < -0.39 is 0 Å². The number of pyridine rings is 1. The smallest absolute Gasteiger partial charge is 0.0928 e. The van der Waals surface area contributed by atoms with Gasteiger partial charge in [0.25, 0.3) is 0 Å². The van der Waals surface area contributed by atoms with Gasteiger partial charge >= 0.3 is 0 Å². The third kappa shape index (κ3) is 2.84. The van der Waals surface area contributed by atoms with Gasteiger partial charge in [0.05, 0.1) is 17.3 Å². The zero-order chi connectivity index (χ0) is 13.8. The molecule has 0 amide bonds. The lowest BCUT2D eigenvalue weighted by Crippen LogP contribution is -2.23. The standard InChI is InChI=1S/C15H16N4S/c1-2-16-14(15-10-20-19-18-15)9-12-8-7-11-5-3-4-6-13(11)17-12/h3-8,10,14,16H,2,9H2,1H3. The fourth-order valence-electron chi connectivity index (χ4n) is 2.28. The Labute approximate surface area is 122 Å². The number of aromatic nitrogens is 3. The lowest BCUT2D eigenvalue weighted by atomic mass is 10.1. The molecule has 1 unspecified atom stereocenters. The summed E-state index contributed by atoms with van der Waals surface area (Å²) in [6.07, 6.45) is 0.823. The number of fused-ring (bicyclic) bond motifs is 1. The molecule has 0 aliphatic heterocycles. The molecule has 0 spiro atoms. The highest BCUT2D eigenvalue weighted by Crippen LogP contribution is 2.18. The molecule has 0 aliphatic carbocycles. The third-order valence-electron chi connectivity index (χ3n) is 3.25. The lowest BCUT2D eigenvalue weighted by Gasteiger charge is -2.15. The highest BCUT2D eigenvalue weighted by atomic mass is 32.1. The van der Waals surface area contributed by atoms with Gasteiger partial charge in [-0.15, -0.1) is 5.10 Å². The van der Waals surface area contributed by atoms with E-state index in [0.29, 0.717) is 0 Å². The predicted octanol–water partition coefficient (Wildman–Crippen LogP) is 2.98. The number of hydrogen-bond acceptors (Lipinski definition) is 5. The van der Waals surface area contributed by atoms with Crippen LogP contribution in [0.15, 0.2) is 41.8 Å². The molecule has 20 heavy (non-hydrogen) atoms. The molecule has 1 aromatic carbocycles. The maximum Gasteiger partial charge on any atom is 0.0928 e. The summed E-state index contributed by atoms with van der Waals surface area (Å²) >= 11 is 1.39. The second kappa shape index (κ2) is 6.07. The number of benzene rings is 1. The molecule has 1 atom stereocenters. The molecular formula is C15H16N4S. The van der Waals surface area contributed by atoms with Crippen LogP contribution in [-0.2, 0) is 6.42 Å². The van der Waals surface area contributed by atoms with Gasteiger partial charge in [0.2, 0.25) is 0 Å². The molecule has 3 aromatic rings. The summed E-state index contributed by atoms with van der Waals surface area (Å²) in [5.74, 6) is 0. The first kappa shape index (κ1) is 13.1. The molecule has 0 aliphatic rings. The second-order valence-electron chi connectivity index (χ2n) is 4.64. The first-order valence-corrected chi connectivity index (χ1v) is 7.55. The summed E-state index contributed by atoms with van der Waals surface area (Å²) in [6.45, 7) is 3.00. The van der Waals surface area contributed by atoms with Gasteiger partial charge in [-0.05, 0) is 30.2 Å². The van der Waals surface area contributed by atoms with E-state index in [2.05, 4.69) is 40.0 Å². The average molecular weight is 284 g/mol. The molecule has 0 radical (unpaired) electrons. The minimum Gasteiger partial charge on any atom is -0.308 e. The molecule has 0 bridgehead atoms. The normalized spacial score (nSPS) is 12.7. The fraction of sp³-hybridized carbons (Fsp3) is 0.267. The van der Waals surface area contributed by atoms with Crippen LogP contribution in [0.1, 0.15) is 24.4 Å². The molecule has 0 fully saturated rings. The van der Waals surface area contributed by atoms with Crippen molar-refractivity contribution in [2.75, 3.05) is 6.54 Å². The molecular weight excluding hydrogens is 268 g/mol. The largest absolute Gasteiger partial charge is 0.308 e. The summed E-state index contributed by atoms with van der Waals surface area (Å²) in [6, 6.07) is 12.6. The molecule has 5 heteroatoms. The molecule has 1 N–H and O–H groups in total. The van der Waals surface area contributed by atoms with Gasteiger partial charge in [0.15, 0.2) is 0 Å². The number of nitrogens with one attached hydrogen (secondary N) is 1. The first-order chi connectivity index (χ1) is 9.86. The average Bonchev–Trinajstić information content (AvgIpc) is 3.01. The molecule has 3 rings (SSSR count). The molecule has 102 valence electrons. The van der Waals surface area contributed by atoms with E-state index in [-0.39, 0.29) is 6.04 Å². The number of likely N-dealkylation sites (N-methyl/N-ethyl adjacent to an activating group) is 1. The molecule has 2 heterocycles. The Hall–Kier alpha value is -1.85. The van der Waals surface area contributed by atoms with Crippen LogP contribution >= 0.6 is 11.5 Å². The highest BCUT2D eigenvalue weighted by Gasteiger charge is 2.14. The van der Waals surface area contributed by atoms with E-state index in [0.717, 1.165) is 29.9 Å². The Bertz CT molecular complexity index is 681. The first-order valence-electron chi connectivity index (χ1n) is 6.72. The predicted molar refractivity (Wildman–Crippen MR) is 81.8 cm³/mol. The zero-order valence-corrected chi connectivity index (χ0v) is 12.1. The van der Waals surface area contributed by atoms with Crippen LogP contribution in [0.3, 0.4) is 0 Å². The Balaban J connectivity index is 1.86. The van der Waals surface area contributed by atoms with Crippen LogP contribution in [-0.4, -0.2) is 21.1 Å². The Kier molecular flexibility index (Phi) is 3.99. The van der Waals surface area contributed by atoms with Crippen molar-refractivity contribution in [3.05, 3.63) is 53.2 Å². The Morgan fingerprint density at radius 2 is 2.10 bits per heavy atom. The highest BCUT2D eigenvalue weighted by molar-refractivity contribution is 7.03. The minimum absolute atomic E-state index is 0.174. The van der Waals surface area contributed by atoms with Gasteiger partial charge in [-0.1, -0.05) is 35.7 Å². The fourth-order valence-corrected chi connectivity index (χ4v) is 2.79. The number of hydrogen-bond donors (Lipinski definition) is 1. The SMILES string of the molecule is CCNC(Cc1ccc2ccccc2n1)c1csnn1. The van der Waals surface area contributed by atoms with Gasteiger partial charge in [-0.3, -0.25) is 4.98 Å². The van der Waals surface area contributed by atoms with Crippen LogP contribution in [0.25, 0.3) is 10.9 Å². The van der Waals surface area contributed by atoms with E-state index in [4.69, 9.17) is 4.98 Å². The van der Waals surface area contributed by atoms with Crippen molar-refractivity contribution in [1.29, 1.82) is 0 Å². The van der Waals surface area contributed by atoms with E-state index in [9.17, 15) is 0 Å². The van der Waals surface area contributed by atoms with E-state index in [1.54, 1.807) is 0 Å². The monoisotopic (exact) mass is 284 g/mol. The van der Waals surface area contributed by atoms with Crippen molar-refractivity contribution in [2.24, 2.45) is 0 Å². The van der Waals surface area contributed by atoms with Crippen molar-refractivity contribution in [3.63, 3.8) is 0 Å². The number of rotatable bonds is 5. The van der Waals surface area contributed by atoms with E-state index >= 15 is 0 Å². The molecule has 0 saturated carbocycles. The van der Waals surface area contributed by atoms with Gasteiger partial charge in [-0.25, -0.2) is 0 Å². The van der Waals surface area contributed by atoms with Crippen molar-refractivity contribution >= 4 is 22.4 Å². The van der Waals surface area contributed by atoms with Gasteiger partial charge in [-0.2, -0.15) is 0 Å². The maximum absolute atomic E-state index is 4.72. The van der Waals surface area contributed by atoms with Crippen LogP contribution in [0.5, 0.6) is 0 Å². The zero-order valence-electron chi connectivity index (χ0n) is 11.3. The van der Waals surface area contributed by atoms with Gasteiger partial charge in [0.1, 0.15) is 0 Å². The van der Waals surface area contributed by atoms with Crippen molar-refractivity contribution < 1.29 is 0 Å². The summed E-state index contributed by atoms with van der Waals surface area (Å²) in [5.41, 5.74) is 3.10. The van der Waals surface area contributed by atoms with Crippen molar-refractivity contribution in [3.8, 4) is 0 Å². The summed E-state index contributed by atoms with van der Waals surface area (Å²) in [5, 5.41) is 10.8. The quantitative estimate of drug-likeness (QED) is 0.782. The number of para-hydroxylation sites is 1. The van der Waals surface area contributed by atoms with Crippen LogP contribution in [0.4, 0.5) is 0 Å². The van der Waals surface area contributed by atoms with Crippen LogP contribution < -0.4 is 5.32 Å². The minimum atomic E-state index is 0.174. The maximum atomic E-state index is 4.72. The molecule has 4 nitrogen and oxygen atoms in total. The number of nitrogens with zero attached hydrogens (tertiary/aromatic N) is 3. The molecule has 2 aromatic heterocycles. The lowest BCUT2D eigenvalue weighted by molar-refractivity contribution is 0.531. The summed E-state index contributed by atoms with van der Waals surface area (Å²) in [4.78, 5) is 4.72. The van der Waals surface area contributed by atoms with Crippen LogP contribution in [0.2, 0.25) is 0 Å². The Morgan fingerprint density at radius 1 is 1.20 bits per heavy atom. The topological polar surface area (TPSA) is 50.7 Å². The summed E-state index contributed by atoms with van der Waals surface area (Å²) in [7, 11) is 0. The Morgan fingerprint density at radius 3 is 2.90 bits per heavy atom. The van der Waals surface area contributed by atoms with Gasteiger partial charge < -0.3 is 5.32 Å². The van der Waals surface area contributed by atoms with Gasteiger partial charge in [0, 0.05) is 22.9 Å². The van der Waals surface area contributed by atoms with E-state index in [1.807, 2.05) is 23.6 Å².